The van der Waals surface area contributed by atoms with E-state index >= 15 is 0 Å². The molecule has 1 aromatic heterocycles. The van der Waals surface area contributed by atoms with Crippen molar-refractivity contribution in [2.75, 3.05) is 18.4 Å². The maximum absolute atomic E-state index is 13.5. The molecular weight excluding hydrogens is 405 g/mol. The van der Waals surface area contributed by atoms with Gasteiger partial charge in [-0.3, -0.25) is 9.78 Å². The number of halogens is 1. The van der Waals surface area contributed by atoms with Crippen LogP contribution in [0.25, 0.3) is 0 Å². The number of anilines is 1. The zero-order valence-electron chi connectivity index (χ0n) is 18.1. The minimum absolute atomic E-state index is 0.0422. The summed E-state index contributed by atoms with van der Waals surface area (Å²) in [7, 11) is 0. The van der Waals surface area contributed by atoms with E-state index in [1.54, 1.807) is 0 Å². The molecule has 3 N–H and O–H groups in total. The van der Waals surface area contributed by atoms with Crippen LogP contribution >= 0.6 is 0 Å². The van der Waals surface area contributed by atoms with Crippen LogP contribution in [0.15, 0.2) is 60.8 Å². The molecule has 0 spiro atoms. The van der Waals surface area contributed by atoms with Gasteiger partial charge in [-0.05, 0) is 48.6 Å². The zero-order chi connectivity index (χ0) is 22.5. The monoisotopic (exact) mass is 433 g/mol. The number of aliphatic carboxylic acids is 1. The molecule has 3 aromatic rings. The predicted molar refractivity (Wildman–Crippen MR) is 123 cm³/mol. The highest BCUT2D eigenvalue weighted by Crippen LogP contribution is 2.31. The van der Waals surface area contributed by atoms with Crippen molar-refractivity contribution in [3.63, 3.8) is 0 Å². The van der Waals surface area contributed by atoms with E-state index in [0.29, 0.717) is 0 Å². The molecule has 0 amide bonds. The van der Waals surface area contributed by atoms with Crippen molar-refractivity contribution >= 4 is 11.7 Å². The second-order valence-corrected chi connectivity index (χ2v) is 8.42. The Labute approximate surface area is 187 Å². The Balaban J connectivity index is 1.47. The maximum Gasteiger partial charge on any atom is 0.307 e. The van der Waals surface area contributed by atoms with Crippen LogP contribution in [0.1, 0.15) is 34.0 Å². The second-order valence-electron chi connectivity index (χ2n) is 8.42. The third-order valence-electron chi connectivity index (χ3n) is 6.11. The minimum atomic E-state index is -0.814. The van der Waals surface area contributed by atoms with Gasteiger partial charge in [-0.2, -0.15) is 0 Å². The highest BCUT2D eigenvalue weighted by atomic mass is 19.1. The fourth-order valence-electron chi connectivity index (χ4n) is 4.40. The van der Waals surface area contributed by atoms with E-state index in [1.165, 1.54) is 17.8 Å². The average molecular weight is 434 g/mol. The molecule has 32 heavy (non-hydrogen) atoms. The van der Waals surface area contributed by atoms with Gasteiger partial charge in [0.1, 0.15) is 5.82 Å². The van der Waals surface area contributed by atoms with Gasteiger partial charge in [-0.15, -0.1) is 0 Å². The number of benzene rings is 2. The molecule has 2 heterocycles. The molecule has 0 fully saturated rings. The van der Waals surface area contributed by atoms with Gasteiger partial charge in [0, 0.05) is 24.6 Å². The maximum atomic E-state index is 13.5. The Bertz CT molecular complexity index is 1090. The largest absolute Gasteiger partial charge is 0.481 e. The van der Waals surface area contributed by atoms with Crippen LogP contribution in [0.4, 0.5) is 10.1 Å². The first kappa shape index (κ1) is 22.0. The Morgan fingerprint density at radius 1 is 1.25 bits per heavy atom. The SMILES string of the molecule is Cc1ccc(CCN[C@H](c2ccccc2)[C@@H]2CNc3cc(F)cnc3C2)cc1CC(=O)O. The molecule has 0 saturated carbocycles. The van der Waals surface area contributed by atoms with Crippen LogP contribution in [0.5, 0.6) is 0 Å². The lowest BCUT2D eigenvalue weighted by atomic mass is 9.86. The van der Waals surface area contributed by atoms with Crippen LogP contribution in [0, 0.1) is 18.7 Å². The number of aromatic nitrogens is 1. The highest BCUT2D eigenvalue weighted by Gasteiger charge is 2.28. The van der Waals surface area contributed by atoms with E-state index < -0.39 is 5.97 Å². The van der Waals surface area contributed by atoms with Crippen molar-refractivity contribution in [3.05, 3.63) is 94.6 Å². The lowest BCUT2D eigenvalue weighted by Gasteiger charge is -2.33. The number of nitrogens with zero attached hydrogens (tertiary/aromatic N) is 1. The number of nitrogens with one attached hydrogen (secondary N) is 2. The number of carbonyl (C=O) groups is 1. The van der Waals surface area contributed by atoms with Gasteiger partial charge in [0.05, 0.1) is 24.0 Å². The molecule has 5 nitrogen and oxygen atoms in total. The first-order valence-electron chi connectivity index (χ1n) is 11.0. The molecule has 1 aliphatic heterocycles. The Hall–Kier alpha value is -3.25. The van der Waals surface area contributed by atoms with Crippen molar-refractivity contribution in [1.82, 2.24) is 10.3 Å². The van der Waals surface area contributed by atoms with E-state index in [1.807, 2.05) is 37.3 Å². The van der Waals surface area contributed by atoms with Crippen molar-refractivity contribution in [1.29, 1.82) is 0 Å². The lowest BCUT2D eigenvalue weighted by Crippen LogP contribution is -2.37. The molecule has 0 aliphatic carbocycles. The molecule has 0 saturated heterocycles. The summed E-state index contributed by atoms with van der Waals surface area (Å²) in [4.78, 5) is 15.4. The number of pyridine rings is 1. The molecule has 1 aliphatic rings. The lowest BCUT2D eigenvalue weighted by molar-refractivity contribution is -0.136. The molecule has 166 valence electrons. The van der Waals surface area contributed by atoms with E-state index in [9.17, 15) is 9.18 Å². The van der Waals surface area contributed by atoms with Crippen molar-refractivity contribution in [2.24, 2.45) is 5.92 Å². The standard InChI is InChI=1S/C26H28FN3O2/c1-17-7-8-18(11-20(17)13-25(31)32)9-10-28-26(19-5-3-2-4-6-19)21-12-23-24(29-15-21)14-22(27)16-30-23/h2-8,11,14,16,21,26,28-29H,9-10,12-13,15H2,1H3,(H,31,32)/t21-,26+/m0/s1. The smallest absolute Gasteiger partial charge is 0.307 e. The third kappa shape index (κ3) is 5.32. The molecule has 4 rings (SSSR count). The van der Waals surface area contributed by atoms with Gasteiger partial charge in [-0.25, -0.2) is 4.39 Å². The van der Waals surface area contributed by atoms with Gasteiger partial charge in [0.15, 0.2) is 0 Å². The number of hydrogen-bond acceptors (Lipinski definition) is 4. The molecule has 0 bridgehead atoms. The van der Waals surface area contributed by atoms with Gasteiger partial charge in [-0.1, -0.05) is 48.5 Å². The van der Waals surface area contributed by atoms with E-state index in [2.05, 4.69) is 33.8 Å². The molecule has 2 aromatic carbocycles. The minimum Gasteiger partial charge on any atom is -0.481 e. The number of hydrogen-bond donors (Lipinski definition) is 3. The molecule has 6 heteroatoms. The molecular formula is C26H28FN3O2. The summed E-state index contributed by atoms with van der Waals surface area (Å²) in [5, 5.41) is 16.2. The molecule has 0 unspecified atom stereocenters. The van der Waals surface area contributed by atoms with Crippen LogP contribution in [0.2, 0.25) is 0 Å². The summed E-state index contributed by atoms with van der Waals surface area (Å²) in [5.41, 5.74) is 5.86. The summed E-state index contributed by atoms with van der Waals surface area (Å²) in [6.45, 7) is 3.44. The zero-order valence-corrected chi connectivity index (χ0v) is 18.1. The summed E-state index contributed by atoms with van der Waals surface area (Å²) in [6, 6.07) is 18.0. The number of carboxylic acids is 1. The van der Waals surface area contributed by atoms with Gasteiger partial charge in [0.2, 0.25) is 0 Å². The average Bonchev–Trinajstić information content (AvgIpc) is 2.79. The number of rotatable bonds is 8. The summed E-state index contributed by atoms with van der Waals surface area (Å²) >= 11 is 0. The fourth-order valence-corrected chi connectivity index (χ4v) is 4.40. The molecule has 0 radical (unpaired) electrons. The van der Waals surface area contributed by atoms with Crippen molar-refractivity contribution in [3.8, 4) is 0 Å². The quantitative estimate of drug-likeness (QED) is 0.494. The Morgan fingerprint density at radius 2 is 2.06 bits per heavy atom. The first-order valence-corrected chi connectivity index (χ1v) is 11.0. The number of aryl methyl sites for hydroxylation is 1. The van der Waals surface area contributed by atoms with E-state index in [0.717, 1.165) is 54.0 Å². The Kier molecular flexibility index (Phi) is 6.81. The number of fused-ring (bicyclic) bond motifs is 1. The van der Waals surface area contributed by atoms with E-state index in [4.69, 9.17) is 5.11 Å². The van der Waals surface area contributed by atoms with Crippen LogP contribution in [0.3, 0.4) is 0 Å². The van der Waals surface area contributed by atoms with Crippen LogP contribution in [-0.4, -0.2) is 29.1 Å². The van der Waals surface area contributed by atoms with Gasteiger partial charge in [0.25, 0.3) is 0 Å². The fraction of sp³-hybridized carbons (Fsp3) is 0.308. The normalized spacial score (nSPS) is 16.1. The summed E-state index contributed by atoms with van der Waals surface area (Å²) in [5.74, 6) is -0.873. The van der Waals surface area contributed by atoms with Crippen LogP contribution in [-0.2, 0) is 24.1 Å². The van der Waals surface area contributed by atoms with Gasteiger partial charge >= 0.3 is 5.97 Å². The third-order valence-corrected chi connectivity index (χ3v) is 6.11. The topological polar surface area (TPSA) is 74.2 Å². The van der Waals surface area contributed by atoms with Crippen molar-refractivity contribution in [2.45, 2.75) is 32.2 Å². The molecule has 2 atom stereocenters. The van der Waals surface area contributed by atoms with Crippen LogP contribution < -0.4 is 10.6 Å². The van der Waals surface area contributed by atoms with Crippen molar-refractivity contribution < 1.29 is 14.3 Å². The highest BCUT2D eigenvalue weighted by molar-refractivity contribution is 5.70. The second kappa shape index (κ2) is 9.92. The first-order chi connectivity index (χ1) is 15.5. The predicted octanol–water partition coefficient (Wildman–Crippen LogP) is 4.31. The van der Waals surface area contributed by atoms with Gasteiger partial charge < -0.3 is 15.7 Å². The summed E-state index contributed by atoms with van der Waals surface area (Å²) in [6.07, 6.45) is 2.89. The number of carboxylic acid groups (broad SMARTS) is 1. The Morgan fingerprint density at radius 3 is 2.84 bits per heavy atom. The van der Waals surface area contributed by atoms with E-state index in [-0.39, 0.29) is 24.2 Å². The summed E-state index contributed by atoms with van der Waals surface area (Å²) < 4.78 is 13.5.